The standard InChI is InChI=1S/C21H22N2O4/c1-13-10-14(2)12-18(11-13)27-17-6-4-16(5-7-17)22-21(26)15(3)23-19(24)8-9-20(23)25/h4-7,10-12,15H,8-9H2,1-3H3,(H,22,26). The Bertz CT molecular complexity index is 853. The molecule has 0 aromatic heterocycles. The van der Waals surface area contributed by atoms with Crippen molar-refractivity contribution in [1.82, 2.24) is 4.90 Å². The fourth-order valence-electron chi connectivity index (χ4n) is 3.12. The molecule has 1 saturated heterocycles. The minimum atomic E-state index is -0.835. The van der Waals surface area contributed by atoms with E-state index < -0.39 is 11.9 Å². The summed E-state index contributed by atoms with van der Waals surface area (Å²) in [5.41, 5.74) is 2.81. The van der Waals surface area contributed by atoms with Crippen molar-refractivity contribution in [2.45, 2.75) is 39.7 Å². The molecule has 1 N–H and O–H groups in total. The normalized spacial score (nSPS) is 15.0. The molecule has 6 nitrogen and oxygen atoms in total. The predicted molar refractivity (Wildman–Crippen MR) is 102 cm³/mol. The molecule has 1 heterocycles. The van der Waals surface area contributed by atoms with Crippen LogP contribution < -0.4 is 10.1 Å². The number of hydrogen-bond donors (Lipinski definition) is 1. The van der Waals surface area contributed by atoms with Gasteiger partial charge < -0.3 is 10.1 Å². The van der Waals surface area contributed by atoms with Crippen LogP contribution in [0, 0.1) is 13.8 Å². The summed E-state index contributed by atoms with van der Waals surface area (Å²) >= 11 is 0. The number of rotatable bonds is 5. The zero-order valence-electron chi connectivity index (χ0n) is 15.6. The van der Waals surface area contributed by atoms with Gasteiger partial charge >= 0.3 is 0 Å². The highest BCUT2D eigenvalue weighted by Crippen LogP contribution is 2.25. The minimum absolute atomic E-state index is 0.168. The minimum Gasteiger partial charge on any atom is -0.457 e. The van der Waals surface area contributed by atoms with Gasteiger partial charge in [0.25, 0.3) is 0 Å². The lowest BCUT2D eigenvalue weighted by Gasteiger charge is -2.21. The first-order valence-electron chi connectivity index (χ1n) is 8.85. The Kier molecular flexibility index (Phi) is 5.26. The maximum atomic E-state index is 12.4. The molecule has 0 spiro atoms. The van der Waals surface area contributed by atoms with Crippen molar-refractivity contribution in [2.75, 3.05) is 5.32 Å². The number of nitrogens with one attached hydrogen (secondary N) is 1. The van der Waals surface area contributed by atoms with Gasteiger partial charge in [-0.2, -0.15) is 0 Å². The van der Waals surface area contributed by atoms with E-state index in [4.69, 9.17) is 4.74 Å². The number of aryl methyl sites for hydroxylation is 2. The molecular weight excluding hydrogens is 344 g/mol. The molecule has 1 atom stereocenters. The quantitative estimate of drug-likeness (QED) is 0.821. The molecule has 3 amide bonds. The molecule has 6 heteroatoms. The summed E-state index contributed by atoms with van der Waals surface area (Å²) in [5, 5.41) is 2.73. The highest BCUT2D eigenvalue weighted by molar-refractivity contribution is 6.07. The molecule has 1 fully saturated rings. The van der Waals surface area contributed by atoms with E-state index in [1.54, 1.807) is 31.2 Å². The van der Waals surface area contributed by atoms with Crippen LogP contribution >= 0.6 is 0 Å². The van der Waals surface area contributed by atoms with E-state index in [0.717, 1.165) is 21.8 Å². The van der Waals surface area contributed by atoms with Crippen LogP contribution in [0.2, 0.25) is 0 Å². The third kappa shape index (κ3) is 4.34. The van der Waals surface area contributed by atoms with Crippen LogP contribution in [0.5, 0.6) is 11.5 Å². The zero-order chi connectivity index (χ0) is 19.6. The summed E-state index contributed by atoms with van der Waals surface area (Å²) in [6.45, 7) is 5.57. The second-order valence-corrected chi connectivity index (χ2v) is 6.77. The second kappa shape index (κ2) is 7.61. The molecular formula is C21H22N2O4. The summed E-state index contributed by atoms with van der Waals surface area (Å²) in [6, 6.07) is 12.1. The van der Waals surface area contributed by atoms with Crippen LogP contribution in [-0.4, -0.2) is 28.7 Å². The molecule has 1 aliphatic rings. The molecule has 1 aliphatic heterocycles. The monoisotopic (exact) mass is 366 g/mol. The van der Waals surface area contributed by atoms with E-state index in [9.17, 15) is 14.4 Å². The van der Waals surface area contributed by atoms with Gasteiger partial charge in [0.15, 0.2) is 0 Å². The van der Waals surface area contributed by atoms with E-state index in [1.807, 2.05) is 26.0 Å². The summed E-state index contributed by atoms with van der Waals surface area (Å²) in [6.07, 6.45) is 0.335. The Balaban J connectivity index is 1.64. The molecule has 27 heavy (non-hydrogen) atoms. The van der Waals surface area contributed by atoms with Gasteiger partial charge in [0, 0.05) is 18.5 Å². The lowest BCUT2D eigenvalue weighted by molar-refractivity contribution is -0.144. The lowest BCUT2D eigenvalue weighted by Crippen LogP contribution is -2.44. The number of imide groups is 1. The summed E-state index contributed by atoms with van der Waals surface area (Å²) in [7, 11) is 0. The molecule has 0 radical (unpaired) electrons. The molecule has 1 unspecified atom stereocenters. The van der Waals surface area contributed by atoms with E-state index in [0.29, 0.717) is 11.4 Å². The van der Waals surface area contributed by atoms with Crippen LogP contribution in [0.4, 0.5) is 5.69 Å². The number of carbonyl (C=O) groups excluding carboxylic acids is 3. The Morgan fingerprint density at radius 3 is 2.07 bits per heavy atom. The largest absolute Gasteiger partial charge is 0.457 e. The molecule has 3 rings (SSSR count). The number of benzene rings is 2. The van der Waals surface area contributed by atoms with Crippen molar-refractivity contribution < 1.29 is 19.1 Å². The van der Waals surface area contributed by atoms with E-state index in [-0.39, 0.29) is 24.7 Å². The number of likely N-dealkylation sites (tertiary alicyclic amines) is 1. The maximum Gasteiger partial charge on any atom is 0.247 e. The van der Waals surface area contributed by atoms with Gasteiger partial charge in [-0.25, -0.2) is 0 Å². The highest BCUT2D eigenvalue weighted by atomic mass is 16.5. The first-order valence-corrected chi connectivity index (χ1v) is 8.85. The van der Waals surface area contributed by atoms with Crippen LogP contribution in [0.3, 0.4) is 0 Å². The van der Waals surface area contributed by atoms with Gasteiger partial charge in [-0.15, -0.1) is 0 Å². The number of ether oxygens (including phenoxy) is 1. The van der Waals surface area contributed by atoms with Crippen molar-refractivity contribution in [1.29, 1.82) is 0 Å². The first-order chi connectivity index (χ1) is 12.8. The van der Waals surface area contributed by atoms with Crippen LogP contribution in [-0.2, 0) is 14.4 Å². The third-order valence-corrected chi connectivity index (χ3v) is 4.41. The second-order valence-electron chi connectivity index (χ2n) is 6.77. The van der Waals surface area contributed by atoms with Crippen LogP contribution in [0.15, 0.2) is 42.5 Å². The number of anilines is 1. The van der Waals surface area contributed by atoms with Crippen molar-refractivity contribution in [3.05, 3.63) is 53.6 Å². The average Bonchev–Trinajstić information content (AvgIpc) is 2.93. The van der Waals surface area contributed by atoms with Gasteiger partial charge in [0.2, 0.25) is 17.7 Å². The Morgan fingerprint density at radius 1 is 0.963 bits per heavy atom. The summed E-state index contributed by atoms with van der Waals surface area (Å²) in [4.78, 5) is 36.9. The maximum absolute atomic E-state index is 12.4. The van der Waals surface area contributed by atoms with E-state index >= 15 is 0 Å². The molecule has 0 bridgehead atoms. The zero-order valence-corrected chi connectivity index (χ0v) is 15.6. The Morgan fingerprint density at radius 2 is 1.52 bits per heavy atom. The van der Waals surface area contributed by atoms with E-state index in [2.05, 4.69) is 11.4 Å². The van der Waals surface area contributed by atoms with Crippen LogP contribution in [0.1, 0.15) is 30.9 Å². The SMILES string of the molecule is Cc1cc(C)cc(Oc2ccc(NC(=O)C(C)N3C(=O)CCC3=O)cc2)c1. The molecule has 2 aromatic carbocycles. The molecule has 0 aliphatic carbocycles. The first kappa shape index (κ1) is 18.6. The fraction of sp³-hybridized carbons (Fsp3) is 0.286. The topological polar surface area (TPSA) is 75.7 Å². The predicted octanol–water partition coefficient (Wildman–Crippen LogP) is 3.57. The Hall–Kier alpha value is -3.15. The Labute approximate surface area is 158 Å². The van der Waals surface area contributed by atoms with Gasteiger partial charge in [-0.05, 0) is 68.3 Å². The third-order valence-electron chi connectivity index (χ3n) is 4.41. The highest BCUT2D eigenvalue weighted by Gasteiger charge is 2.36. The van der Waals surface area contributed by atoms with Crippen molar-refractivity contribution in [3.63, 3.8) is 0 Å². The molecule has 140 valence electrons. The van der Waals surface area contributed by atoms with E-state index in [1.165, 1.54) is 0 Å². The van der Waals surface area contributed by atoms with Crippen molar-refractivity contribution in [2.24, 2.45) is 0 Å². The number of carbonyl (C=O) groups is 3. The van der Waals surface area contributed by atoms with Gasteiger partial charge in [-0.3, -0.25) is 19.3 Å². The molecule has 0 saturated carbocycles. The smallest absolute Gasteiger partial charge is 0.247 e. The summed E-state index contributed by atoms with van der Waals surface area (Å²) < 4.78 is 5.85. The molecule has 2 aromatic rings. The van der Waals surface area contributed by atoms with Crippen molar-refractivity contribution in [3.8, 4) is 11.5 Å². The number of hydrogen-bond acceptors (Lipinski definition) is 4. The van der Waals surface area contributed by atoms with Gasteiger partial charge in [-0.1, -0.05) is 6.07 Å². The van der Waals surface area contributed by atoms with Gasteiger partial charge in [0.1, 0.15) is 17.5 Å². The summed E-state index contributed by atoms with van der Waals surface area (Å²) in [5.74, 6) is 0.390. The lowest BCUT2D eigenvalue weighted by atomic mass is 10.1. The van der Waals surface area contributed by atoms with Crippen molar-refractivity contribution >= 4 is 23.4 Å². The number of nitrogens with zero attached hydrogens (tertiary/aromatic N) is 1. The number of amides is 3. The van der Waals surface area contributed by atoms with Crippen LogP contribution in [0.25, 0.3) is 0 Å². The average molecular weight is 366 g/mol. The fourth-order valence-corrected chi connectivity index (χ4v) is 3.12. The van der Waals surface area contributed by atoms with Gasteiger partial charge in [0.05, 0.1) is 0 Å².